The number of nitrogens with one attached hydrogen (secondary N) is 1. The quantitative estimate of drug-likeness (QED) is 0.618. The van der Waals surface area contributed by atoms with Gasteiger partial charge in [0, 0.05) is 29.0 Å². The molecule has 2 aromatic rings. The van der Waals surface area contributed by atoms with E-state index in [-0.39, 0.29) is 24.7 Å². The SMILES string of the molecule is CCCOC(=O)C1=C(C)NC2=C(C(=O)C[C@@H](c3ccc(OC)cc3)C2)[C@@H]1c1ccccc1F. The number of esters is 1. The van der Waals surface area contributed by atoms with Crippen LogP contribution in [0.5, 0.6) is 5.75 Å². The van der Waals surface area contributed by atoms with E-state index in [1.54, 1.807) is 32.2 Å². The molecule has 2 atom stereocenters. The van der Waals surface area contributed by atoms with Gasteiger partial charge in [-0.2, -0.15) is 0 Å². The third-order valence-corrected chi connectivity index (χ3v) is 6.29. The number of rotatable bonds is 6. The molecule has 0 unspecified atom stereocenters. The number of hydrogen-bond acceptors (Lipinski definition) is 5. The summed E-state index contributed by atoms with van der Waals surface area (Å²) in [5.41, 5.74) is 3.43. The van der Waals surface area contributed by atoms with E-state index in [0.717, 1.165) is 17.0 Å². The molecule has 0 saturated heterocycles. The Labute approximate surface area is 193 Å². The van der Waals surface area contributed by atoms with Gasteiger partial charge in [0.05, 0.1) is 25.2 Å². The van der Waals surface area contributed by atoms with Gasteiger partial charge in [-0.15, -0.1) is 0 Å². The van der Waals surface area contributed by atoms with Crippen LogP contribution in [0.1, 0.15) is 56.1 Å². The fraction of sp³-hybridized carbons (Fsp3) is 0.333. The van der Waals surface area contributed by atoms with Crippen LogP contribution in [0.4, 0.5) is 4.39 Å². The molecule has 1 N–H and O–H groups in total. The van der Waals surface area contributed by atoms with E-state index in [9.17, 15) is 14.0 Å². The molecule has 4 rings (SSSR count). The number of methoxy groups -OCH3 is 1. The first-order valence-electron chi connectivity index (χ1n) is 11.2. The van der Waals surface area contributed by atoms with Gasteiger partial charge in [-0.05, 0) is 49.4 Å². The van der Waals surface area contributed by atoms with Crippen LogP contribution in [-0.2, 0) is 14.3 Å². The van der Waals surface area contributed by atoms with Gasteiger partial charge in [-0.1, -0.05) is 37.3 Å². The van der Waals surface area contributed by atoms with Crippen molar-refractivity contribution in [3.63, 3.8) is 0 Å². The molecule has 0 radical (unpaired) electrons. The molecule has 0 saturated carbocycles. The van der Waals surface area contributed by atoms with Gasteiger partial charge in [0.1, 0.15) is 11.6 Å². The van der Waals surface area contributed by atoms with Crippen molar-refractivity contribution in [2.75, 3.05) is 13.7 Å². The second-order valence-corrected chi connectivity index (χ2v) is 8.45. The van der Waals surface area contributed by atoms with E-state index in [0.29, 0.717) is 35.2 Å². The molecular weight excluding hydrogens is 421 g/mol. The van der Waals surface area contributed by atoms with Crippen LogP contribution in [0.25, 0.3) is 0 Å². The van der Waals surface area contributed by atoms with Crippen LogP contribution in [-0.4, -0.2) is 25.5 Å². The highest BCUT2D eigenvalue weighted by Gasteiger charge is 2.42. The average Bonchev–Trinajstić information content (AvgIpc) is 2.82. The fourth-order valence-electron chi connectivity index (χ4n) is 4.71. The van der Waals surface area contributed by atoms with Gasteiger partial charge in [0.15, 0.2) is 5.78 Å². The summed E-state index contributed by atoms with van der Waals surface area (Å²) >= 11 is 0. The number of carbonyl (C=O) groups is 2. The van der Waals surface area contributed by atoms with Crippen molar-refractivity contribution in [1.82, 2.24) is 5.32 Å². The second-order valence-electron chi connectivity index (χ2n) is 8.45. The summed E-state index contributed by atoms with van der Waals surface area (Å²) in [6.07, 6.45) is 1.55. The van der Waals surface area contributed by atoms with Crippen LogP contribution < -0.4 is 10.1 Å². The molecule has 0 aromatic heterocycles. The predicted molar refractivity (Wildman–Crippen MR) is 123 cm³/mol. The number of allylic oxidation sites excluding steroid dienone is 3. The molecule has 172 valence electrons. The Morgan fingerprint density at radius 1 is 1.12 bits per heavy atom. The number of dihydropyridines is 1. The molecule has 2 aliphatic rings. The van der Waals surface area contributed by atoms with Crippen molar-refractivity contribution in [3.05, 3.63) is 88.0 Å². The smallest absolute Gasteiger partial charge is 0.336 e. The molecule has 1 heterocycles. The summed E-state index contributed by atoms with van der Waals surface area (Å²) in [5.74, 6) is -1.12. The third-order valence-electron chi connectivity index (χ3n) is 6.29. The topological polar surface area (TPSA) is 64.6 Å². The number of ketones is 1. The minimum absolute atomic E-state index is 0.0164. The van der Waals surface area contributed by atoms with Gasteiger partial charge < -0.3 is 14.8 Å². The average molecular weight is 450 g/mol. The number of carbonyl (C=O) groups excluding carboxylic acids is 2. The Bertz CT molecular complexity index is 1130. The molecule has 0 amide bonds. The zero-order valence-electron chi connectivity index (χ0n) is 19.1. The lowest BCUT2D eigenvalue weighted by atomic mass is 9.71. The largest absolute Gasteiger partial charge is 0.497 e. The molecule has 0 bridgehead atoms. The predicted octanol–water partition coefficient (Wildman–Crippen LogP) is 5.15. The minimum atomic E-state index is -0.795. The van der Waals surface area contributed by atoms with Crippen molar-refractivity contribution in [2.24, 2.45) is 0 Å². The molecular formula is C27H28FNO4. The highest BCUT2D eigenvalue weighted by Crippen LogP contribution is 2.46. The Balaban J connectivity index is 1.76. The maximum atomic E-state index is 14.9. The lowest BCUT2D eigenvalue weighted by Gasteiger charge is -2.36. The van der Waals surface area contributed by atoms with Gasteiger partial charge >= 0.3 is 5.97 Å². The number of hydrogen-bond donors (Lipinski definition) is 1. The lowest BCUT2D eigenvalue weighted by molar-refractivity contribution is -0.139. The standard InChI is InChI=1S/C27H28FNO4/c1-4-13-33-27(31)24-16(2)29-22-14-18(17-9-11-19(32-3)12-10-17)15-23(30)26(22)25(24)20-7-5-6-8-21(20)28/h5-12,18,25,29H,4,13-15H2,1-3H3/t18-,25+/m0/s1. The Hall–Kier alpha value is -3.41. The summed E-state index contributed by atoms with van der Waals surface area (Å²) in [6.45, 7) is 3.95. The monoisotopic (exact) mass is 449 g/mol. The van der Waals surface area contributed by atoms with Gasteiger partial charge in [-0.3, -0.25) is 4.79 Å². The summed E-state index contributed by atoms with van der Waals surface area (Å²) in [4.78, 5) is 26.5. The Kier molecular flexibility index (Phi) is 6.63. The van der Waals surface area contributed by atoms with Crippen LogP contribution in [0.3, 0.4) is 0 Å². The molecule has 0 fully saturated rings. The summed E-state index contributed by atoms with van der Waals surface area (Å²) in [5, 5.41) is 3.29. The maximum absolute atomic E-state index is 14.9. The van der Waals surface area contributed by atoms with Crippen molar-refractivity contribution in [2.45, 2.75) is 44.9 Å². The van der Waals surface area contributed by atoms with Gasteiger partial charge in [0.25, 0.3) is 0 Å². The first kappa shape index (κ1) is 22.8. The normalized spacial score (nSPS) is 20.3. The molecule has 5 nitrogen and oxygen atoms in total. The molecule has 1 aliphatic carbocycles. The van der Waals surface area contributed by atoms with Crippen molar-refractivity contribution >= 4 is 11.8 Å². The van der Waals surface area contributed by atoms with E-state index < -0.39 is 17.7 Å². The number of benzene rings is 2. The number of ether oxygens (including phenoxy) is 2. The molecule has 2 aromatic carbocycles. The van der Waals surface area contributed by atoms with Crippen LogP contribution in [0, 0.1) is 5.82 Å². The number of Topliss-reactive ketones (excluding diaryl/α,β-unsaturated/α-hetero) is 1. The molecule has 6 heteroatoms. The van der Waals surface area contributed by atoms with Gasteiger partial charge in [-0.25, -0.2) is 9.18 Å². The molecule has 0 spiro atoms. The van der Waals surface area contributed by atoms with Crippen LogP contribution in [0.15, 0.2) is 71.1 Å². The highest BCUT2D eigenvalue weighted by atomic mass is 19.1. The minimum Gasteiger partial charge on any atom is -0.497 e. The van der Waals surface area contributed by atoms with Crippen molar-refractivity contribution in [3.8, 4) is 5.75 Å². The first-order valence-corrected chi connectivity index (χ1v) is 11.2. The number of halogens is 1. The van der Waals surface area contributed by atoms with E-state index in [1.807, 2.05) is 31.2 Å². The summed E-state index contributed by atoms with van der Waals surface area (Å²) < 4.78 is 25.6. The Morgan fingerprint density at radius 2 is 1.85 bits per heavy atom. The van der Waals surface area contributed by atoms with E-state index in [4.69, 9.17) is 9.47 Å². The highest BCUT2D eigenvalue weighted by molar-refractivity contribution is 6.04. The Morgan fingerprint density at radius 3 is 2.52 bits per heavy atom. The summed E-state index contributed by atoms with van der Waals surface area (Å²) in [6, 6.07) is 14.0. The molecule has 1 aliphatic heterocycles. The van der Waals surface area contributed by atoms with Crippen molar-refractivity contribution < 1.29 is 23.5 Å². The lowest BCUT2D eigenvalue weighted by Crippen LogP contribution is -2.36. The van der Waals surface area contributed by atoms with E-state index in [1.165, 1.54) is 6.07 Å². The fourth-order valence-corrected chi connectivity index (χ4v) is 4.71. The first-order chi connectivity index (χ1) is 15.9. The van der Waals surface area contributed by atoms with Crippen LogP contribution >= 0.6 is 0 Å². The maximum Gasteiger partial charge on any atom is 0.336 e. The van der Waals surface area contributed by atoms with E-state index in [2.05, 4.69) is 5.32 Å². The summed E-state index contributed by atoms with van der Waals surface area (Å²) in [7, 11) is 1.61. The molecule has 33 heavy (non-hydrogen) atoms. The van der Waals surface area contributed by atoms with Gasteiger partial charge in [0.2, 0.25) is 0 Å². The van der Waals surface area contributed by atoms with E-state index >= 15 is 0 Å². The zero-order chi connectivity index (χ0) is 23.5. The van der Waals surface area contributed by atoms with Crippen molar-refractivity contribution in [1.29, 1.82) is 0 Å². The zero-order valence-corrected chi connectivity index (χ0v) is 19.1. The third kappa shape index (κ3) is 4.42. The van der Waals surface area contributed by atoms with Crippen LogP contribution in [0.2, 0.25) is 0 Å². The second kappa shape index (κ2) is 9.61.